The maximum atomic E-state index is 12.7. The first-order valence-corrected chi connectivity index (χ1v) is 8.72. The van der Waals surface area contributed by atoms with Gasteiger partial charge in [0.1, 0.15) is 5.75 Å². The van der Waals surface area contributed by atoms with E-state index in [1.807, 2.05) is 36.1 Å². The molecule has 0 unspecified atom stereocenters. The SMILES string of the molecule is CCOc1ccc(C(=O)N(CCc2cccs2)C2CC2)cc1. The second-order valence-electron chi connectivity index (χ2n) is 5.52. The van der Waals surface area contributed by atoms with Gasteiger partial charge in [0.25, 0.3) is 5.91 Å². The van der Waals surface area contributed by atoms with Crippen molar-refractivity contribution in [2.24, 2.45) is 0 Å². The molecule has 0 atom stereocenters. The molecule has 0 radical (unpaired) electrons. The quantitative estimate of drug-likeness (QED) is 0.773. The van der Waals surface area contributed by atoms with Gasteiger partial charge in [0.05, 0.1) is 6.61 Å². The molecule has 1 aliphatic carbocycles. The third-order valence-corrected chi connectivity index (χ3v) is 4.78. The number of nitrogens with zero attached hydrogens (tertiary/aromatic N) is 1. The first-order valence-electron chi connectivity index (χ1n) is 7.84. The maximum absolute atomic E-state index is 12.7. The van der Waals surface area contributed by atoms with E-state index in [2.05, 4.69) is 17.5 Å². The molecular formula is C18H21NO2S. The predicted molar refractivity (Wildman–Crippen MR) is 89.7 cm³/mol. The third-order valence-electron chi connectivity index (χ3n) is 3.84. The normalized spacial score (nSPS) is 13.9. The van der Waals surface area contributed by atoms with Crippen LogP contribution < -0.4 is 4.74 Å². The smallest absolute Gasteiger partial charge is 0.254 e. The summed E-state index contributed by atoms with van der Waals surface area (Å²) in [6.45, 7) is 3.40. The van der Waals surface area contributed by atoms with Gasteiger partial charge < -0.3 is 9.64 Å². The van der Waals surface area contributed by atoms with Crippen molar-refractivity contribution in [2.45, 2.75) is 32.2 Å². The average Bonchev–Trinajstić information content (AvgIpc) is 3.23. The van der Waals surface area contributed by atoms with Crippen molar-refractivity contribution in [2.75, 3.05) is 13.2 Å². The lowest BCUT2D eigenvalue weighted by Gasteiger charge is -2.22. The Kier molecular flexibility index (Phi) is 4.78. The third kappa shape index (κ3) is 3.69. The summed E-state index contributed by atoms with van der Waals surface area (Å²) in [5.41, 5.74) is 0.751. The molecule has 0 bridgehead atoms. The number of thiophene rings is 1. The lowest BCUT2D eigenvalue weighted by atomic mass is 10.1. The fraction of sp³-hybridized carbons (Fsp3) is 0.389. The summed E-state index contributed by atoms with van der Waals surface area (Å²) < 4.78 is 5.43. The Morgan fingerprint density at radius 3 is 2.64 bits per heavy atom. The van der Waals surface area contributed by atoms with E-state index in [0.29, 0.717) is 12.6 Å². The molecule has 4 heteroatoms. The second kappa shape index (κ2) is 6.97. The molecule has 116 valence electrons. The van der Waals surface area contributed by atoms with E-state index >= 15 is 0 Å². The molecule has 1 heterocycles. The Hall–Kier alpha value is -1.81. The van der Waals surface area contributed by atoms with Crippen LogP contribution in [0.25, 0.3) is 0 Å². The number of amides is 1. The van der Waals surface area contributed by atoms with E-state index in [1.165, 1.54) is 4.88 Å². The summed E-state index contributed by atoms with van der Waals surface area (Å²) in [7, 11) is 0. The van der Waals surface area contributed by atoms with Crippen LogP contribution >= 0.6 is 11.3 Å². The van der Waals surface area contributed by atoms with Gasteiger partial charge in [0, 0.05) is 23.0 Å². The number of carbonyl (C=O) groups excluding carboxylic acids is 1. The lowest BCUT2D eigenvalue weighted by molar-refractivity contribution is 0.0745. The van der Waals surface area contributed by atoms with E-state index in [9.17, 15) is 4.79 Å². The number of carbonyl (C=O) groups is 1. The standard InChI is InChI=1S/C18H21NO2S/c1-2-21-16-9-5-14(6-10-16)18(20)19(15-7-8-15)12-11-17-4-3-13-22-17/h3-6,9-10,13,15H,2,7-8,11-12H2,1H3. The van der Waals surface area contributed by atoms with Crippen LogP contribution in [-0.2, 0) is 6.42 Å². The summed E-state index contributed by atoms with van der Waals surface area (Å²) in [5, 5.41) is 2.09. The molecule has 1 aromatic carbocycles. The Morgan fingerprint density at radius 1 is 1.27 bits per heavy atom. The first-order chi connectivity index (χ1) is 10.8. The predicted octanol–water partition coefficient (Wildman–Crippen LogP) is 3.99. The van der Waals surface area contributed by atoms with E-state index < -0.39 is 0 Å². The lowest BCUT2D eigenvalue weighted by Crippen LogP contribution is -2.34. The fourth-order valence-corrected chi connectivity index (χ4v) is 3.25. The molecule has 1 saturated carbocycles. The van der Waals surface area contributed by atoms with Gasteiger partial charge in [-0.1, -0.05) is 6.07 Å². The van der Waals surface area contributed by atoms with Crippen LogP contribution in [0.2, 0.25) is 0 Å². The van der Waals surface area contributed by atoms with Crippen LogP contribution in [0.5, 0.6) is 5.75 Å². The molecule has 1 amide bonds. The highest BCUT2D eigenvalue weighted by Crippen LogP contribution is 2.29. The van der Waals surface area contributed by atoms with Gasteiger partial charge in [-0.05, 0) is 61.9 Å². The molecule has 1 fully saturated rings. The van der Waals surface area contributed by atoms with E-state index in [0.717, 1.165) is 37.1 Å². The molecule has 3 rings (SSSR count). The maximum Gasteiger partial charge on any atom is 0.254 e. The van der Waals surface area contributed by atoms with E-state index in [-0.39, 0.29) is 5.91 Å². The molecule has 0 N–H and O–H groups in total. The van der Waals surface area contributed by atoms with Crippen LogP contribution in [0.3, 0.4) is 0 Å². The Balaban J connectivity index is 1.66. The van der Waals surface area contributed by atoms with Crippen LogP contribution in [0.1, 0.15) is 35.0 Å². The number of ether oxygens (including phenoxy) is 1. The van der Waals surface area contributed by atoms with Crippen molar-refractivity contribution in [1.82, 2.24) is 4.90 Å². The molecule has 0 aliphatic heterocycles. The van der Waals surface area contributed by atoms with Crippen LogP contribution in [0.4, 0.5) is 0 Å². The minimum absolute atomic E-state index is 0.141. The number of hydrogen-bond acceptors (Lipinski definition) is 3. The molecule has 1 aromatic heterocycles. The fourth-order valence-electron chi connectivity index (χ4n) is 2.55. The molecule has 3 nitrogen and oxygen atoms in total. The van der Waals surface area contributed by atoms with Gasteiger partial charge >= 0.3 is 0 Å². The van der Waals surface area contributed by atoms with Crippen LogP contribution in [0.15, 0.2) is 41.8 Å². The van der Waals surface area contributed by atoms with Crippen molar-refractivity contribution >= 4 is 17.2 Å². The van der Waals surface area contributed by atoms with Crippen LogP contribution in [0, 0.1) is 0 Å². The summed E-state index contributed by atoms with van der Waals surface area (Å²) in [5.74, 6) is 0.956. The summed E-state index contributed by atoms with van der Waals surface area (Å²) in [4.78, 5) is 16.1. The number of rotatable bonds is 7. The molecule has 22 heavy (non-hydrogen) atoms. The largest absolute Gasteiger partial charge is 0.494 e. The summed E-state index contributed by atoms with van der Waals surface area (Å²) in [6.07, 6.45) is 3.21. The molecular weight excluding hydrogens is 294 g/mol. The molecule has 1 aliphatic rings. The van der Waals surface area contributed by atoms with Gasteiger partial charge in [-0.15, -0.1) is 11.3 Å². The van der Waals surface area contributed by atoms with Gasteiger partial charge in [0.2, 0.25) is 0 Å². The zero-order chi connectivity index (χ0) is 15.4. The van der Waals surface area contributed by atoms with Gasteiger partial charge in [-0.25, -0.2) is 0 Å². The Morgan fingerprint density at radius 2 is 2.05 bits per heavy atom. The highest BCUT2D eigenvalue weighted by Gasteiger charge is 2.32. The highest BCUT2D eigenvalue weighted by atomic mass is 32.1. The highest BCUT2D eigenvalue weighted by molar-refractivity contribution is 7.09. The number of benzene rings is 1. The van der Waals surface area contributed by atoms with Gasteiger partial charge in [-0.2, -0.15) is 0 Å². The monoisotopic (exact) mass is 315 g/mol. The van der Waals surface area contributed by atoms with Crippen molar-refractivity contribution in [1.29, 1.82) is 0 Å². The van der Waals surface area contributed by atoms with Crippen molar-refractivity contribution < 1.29 is 9.53 Å². The van der Waals surface area contributed by atoms with Crippen molar-refractivity contribution in [3.05, 3.63) is 52.2 Å². The summed E-state index contributed by atoms with van der Waals surface area (Å²) >= 11 is 1.76. The van der Waals surface area contributed by atoms with Crippen molar-refractivity contribution in [3.8, 4) is 5.75 Å². The zero-order valence-electron chi connectivity index (χ0n) is 12.8. The topological polar surface area (TPSA) is 29.5 Å². The Bertz CT molecular complexity index is 603. The van der Waals surface area contributed by atoms with Crippen molar-refractivity contribution in [3.63, 3.8) is 0 Å². The zero-order valence-corrected chi connectivity index (χ0v) is 13.6. The number of hydrogen-bond donors (Lipinski definition) is 0. The van der Waals surface area contributed by atoms with Gasteiger partial charge in [0.15, 0.2) is 0 Å². The molecule has 2 aromatic rings. The van der Waals surface area contributed by atoms with E-state index in [1.54, 1.807) is 11.3 Å². The summed E-state index contributed by atoms with van der Waals surface area (Å²) in [6, 6.07) is 12.1. The van der Waals surface area contributed by atoms with Crippen LogP contribution in [-0.4, -0.2) is 30.0 Å². The first kappa shape index (κ1) is 15.1. The second-order valence-corrected chi connectivity index (χ2v) is 6.55. The molecule has 0 saturated heterocycles. The van der Waals surface area contributed by atoms with Gasteiger partial charge in [-0.3, -0.25) is 4.79 Å². The minimum atomic E-state index is 0.141. The molecule has 0 spiro atoms. The minimum Gasteiger partial charge on any atom is -0.494 e. The average molecular weight is 315 g/mol. The van der Waals surface area contributed by atoms with E-state index in [4.69, 9.17) is 4.74 Å². The Labute approximate surface area is 135 Å².